The van der Waals surface area contributed by atoms with Gasteiger partial charge in [0.25, 0.3) is 0 Å². The van der Waals surface area contributed by atoms with Gasteiger partial charge in [0.15, 0.2) is 0 Å². The highest BCUT2D eigenvalue weighted by molar-refractivity contribution is 9.10. The van der Waals surface area contributed by atoms with Crippen LogP contribution in [0.15, 0.2) is 27.8 Å². The number of carboxylic acids is 1. The van der Waals surface area contributed by atoms with Crippen LogP contribution in [-0.4, -0.2) is 26.8 Å². The normalized spacial score (nSPS) is 28.0. The van der Waals surface area contributed by atoms with Crippen LogP contribution in [0.25, 0.3) is 0 Å². The van der Waals surface area contributed by atoms with Crippen molar-refractivity contribution in [2.45, 2.75) is 41.5 Å². The van der Waals surface area contributed by atoms with Crippen LogP contribution >= 0.6 is 27.7 Å². The number of carbonyl (C=O) groups is 1. The third-order valence-corrected chi connectivity index (χ3v) is 4.84. The molecule has 0 spiro atoms. The maximum Gasteiger partial charge on any atom is 0.323 e. The van der Waals surface area contributed by atoms with Crippen LogP contribution in [0.1, 0.15) is 25.7 Å². The Hall–Kier alpha value is -0.590. The summed E-state index contributed by atoms with van der Waals surface area (Å²) < 4.78 is 0.939. The van der Waals surface area contributed by atoms with Gasteiger partial charge in [-0.15, -0.1) is 11.8 Å². The minimum Gasteiger partial charge on any atom is -0.480 e. The second-order valence-corrected chi connectivity index (χ2v) is 6.85. The molecule has 0 aromatic carbocycles. The summed E-state index contributed by atoms with van der Waals surface area (Å²) in [7, 11) is 0. The number of halogens is 1. The molecule has 1 aromatic heterocycles. The van der Waals surface area contributed by atoms with Crippen molar-refractivity contribution in [3.63, 3.8) is 0 Å². The van der Waals surface area contributed by atoms with Gasteiger partial charge < -0.3 is 10.8 Å². The van der Waals surface area contributed by atoms with Gasteiger partial charge in [0.1, 0.15) is 5.54 Å². The second kappa shape index (κ2) is 5.59. The van der Waals surface area contributed by atoms with Crippen LogP contribution in [0.2, 0.25) is 0 Å². The molecule has 1 aromatic rings. The first-order valence-electron chi connectivity index (χ1n) is 5.80. The van der Waals surface area contributed by atoms with Gasteiger partial charge in [-0.2, -0.15) is 0 Å². The lowest BCUT2D eigenvalue weighted by Gasteiger charge is -2.33. The highest BCUT2D eigenvalue weighted by Crippen LogP contribution is 2.36. The third-order valence-electron chi connectivity index (χ3n) is 3.15. The van der Waals surface area contributed by atoms with E-state index in [1.54, 1.807) is 18.0 Å². The van der Waals surface area contributed by atoms with E-state index in [9.17, 15) is 4.79 Å². The number of pyridine rings is 1. The Morgan fingerprint density at radius 3 is 3.00 bits per heavy atom. The highest BCUT2D eigenvalue weighted by Gasteiger charge is 2.39. The summed E-state index contributed by atoms with van der Waals surface area (Å²) in [6, 6.07) is 3.87. The van der Waals surface area contributed by atoms with Gasteiger partial charge in [0, 0.05) is 15.9 Å². The zero-order chi connectivity index (χ0) is 13.2. The molecule has 0 bridgehead atoms. The van der Waals surface area contributed by atoms with Gasteiger partial charge >= 0.3 is 5.97 Å². The SMILES string of the molecule is NC1(C(=O)O)CCCC(Sc2ccc(Br)cn2)C1. The molecule has 18 heavy (non-hydrogen) atoms. The largest absolute Gasteiger partial charge is 0.480 e. The predicted molar refractivity (Wildman–Crippen MR) is 74.6 cm³/mol. The first-order valence-corrected chi connectivity index (χ1v) is 7.47. The van der Waals surface area contributed by atoms with Gasteiger partial charge in [0.05, 0.1) is 5.03 Å². The summed E-state index contributed by atoms with van der Waals surface area (Å²) >= 11 is 4.96. The molecule has 1 fully saturated rings. The summed E-state index contributed by atoms with van der Waals surface area (Å²) in [5, 5.41) is 10.3. The quantitative estimate of drug-likeness (QED) is 0.890. The fourth-order valence-electron chi connectivity index (χ4n) is 2.15. The van der Waals surface area contributed by atoms with Crippen molar-refractivity contribution in [1.82, 2.24) is 4.98 Å². The summed E-state index contributed by atoms with van der Waals surface area (Å²) in [5.41, 5.74) is 4.87. The molecule has 0 amide bonds. The van der Waals surface area contributed by atoms with E-state index in [-0.39, 0.29) is 5.25 Å². The average Bonchev–Trinajstić information content (AvgIpc) is 2.32. The molecule has 2 atom stereocenters. The molecule has 1 aliphatic rings. The standard InChI is InChI=1S/C12H15BrN2O2S/c13-8-3-4-10(15-7-8)18-9-2-1-5-12(14,6-9)11(16)17/h3-4,7,9H,1-2,5-6,14H2,(H,16,17). The van der Waals surface area contributed by atoms with E-state index in [4.69, 9.17) is 10.8 Å². The Labute approximate surface area is 118 Å². The topological polar surface area (TPSA) is 76.2 Å². The lowest BCUT2D eigenvalue weighted by molar-refractivity contribution is -0.144. The number of nitrogens with zero attached hydrogens (tertiary/aromatic N) is 1. The van der Waals surface area contributed by atoms with E-state index >= 15 is 0 Å². The van der Waals surface area contributed by atoms with Crippen LogP contribution in [0, 0.1) is 0 Å². The average molecular weight is 331 g/mol. The zero-order valence-electron chi connectivity index (χ0n) is 9.80. The van der Waals surface area contributed by atoms with Crippen LogP contribution < -0.4 is 5.73 Å². The van der Waals surface area contributed by atoms with Crippen molar-refractivity contribution >= 4 is 33.7 Å². The molecule has 1 saturated carbocycles. The highest BCUT2D eigenvalue weighted by atomic mass is 79.9. The molecule has 2 unspecified atom stereocenters. The summed E-state index contributed by atoms with van der Waals surface area (Å²) in [4.78, 5) is 15.5. The Bertz CT molecular complexity index is 440. The molecule has 1 aliphatic carbocycles. The van der Waals surface area contributed by atoms with Crippen LogP contribution in [0.3, 0.4) is 0 Å². The van der Waals surface area contributed by atoms with Crippen LogP contribution in [0.4, 0.5) is 0 Å². The van der Waals surface area contributed by atoms with Crippen LogP contribution in [-0.2, 0) is 4.79 Å². The van der Waals surface area contributed by atoms with Crippen molar-refractivity contribution in [2.75, 3.05) is 0 Å². The molecular weight excluding hydrogens is 316 g/mol. The van der Waals surface area contributed by atoms with Gasteiger partial charge in [-0.1, -0.05) is 0 Å². The first kappa shape index (κ1) is 13.8. The van der Waals surface area contributed by atoms with Crippen molar-refractivity contribution in [3.8, 4) is 0 Å². The zero-order valence-corrected chi connectivity index (χ0v) is 12.2. The van der Waals surface area contributed by atoms with Crippen molar-refractivity contribution in [1.29, 1.82) is 0 Å². The first-order chi connectivity index (χ1) is 8.49. The number of hydrogen-bond donors (Lipinski definition) is 2. The second-order valence-electron chi connectivity index (χ2n) is 4.61. The van der Waals surface area contributed by atoms with Gasteiger partial charge in [-0.05, 0) is 53.7 Å². The molecule has 4 nitrogen and oxygen atoms in total. The minimum atomic E-state index is -1.06. The van der Waals surface area contributed by atoms with Gasteiger partial charge in [-0.3, -0.25) is 4.79 Å². The Morgan fingerprint density at radius 2 is 2.39 bits per heavy atom. The molecule has 1 heterocycles. The maximum absolute atomic E-state index is 11.2. The lowest BCUT2D eigenvalue weighted by Crippen LogP contribution is -2.51. The Balaban J connectivity index is 2.02. The van der Waals surface area contributed by atoms with Crippen molar-refractivity contribution in [2.24, 2.45) is 5.73 Å². The fraction of sp³-hybridized carbons (Fsp3) is 0.500. The van der Waals surface area contributed by atoms with Crippen molar-refractivity contribution < 1.29 is 9.90 Å². The van der Waals surface area contributed by atoms with E-state index < -0.39 is 11.5 Å². The number of thioether (sulfide) groups is 1. The summed E-state index contributed by atoms with van der Waals surface area (Å²) in [5.74, 6) is -0.892. The molecule has 0 aliphatic heterocycles. The Morgan fingerprint density at radius 1 is 1.61 bits per heavy atom. The molecule has 0 radical (unpaired) electrons. The molecule has 3 N–H and O–H groups in total. The van der Waals surface area contributed by atoms with Gasteiger partial charge in [-0.25, -0.2) is 4.98 Å². The van der Waals surface area contributed by atoms with E-state index in [0.29, 0.717) is 12.8 Å². The number of hydrogen-bond acceptors (Lipinski definition) is 4. The fourth-order valence-corrected chi connectivity index (χ4v) is 3.65. The van der Waals surface area contributed by atoms with Crippen molar-refractivity contribution in [3.05, 3.63) is 22.8 Å². The third kappa shape index (κ3) is 3.24. The molecule has 2 rings (SSSR count). The van der Waals surface area contributed by atoms with E-state index in [1.165, 1.54) is 0 Å². The smallest absolute Gasteiger partial charge is 0.323 e. The predicted octanol–water partition coefficient (Wildman–Crippen LogP) is 2.66. The lowest BCUT2D eigenvalue weighted by atomic mass is 9.82. The number of rotatable bonds is 3. The maximum atomic E-state index is 11.2. The molecule has 0 saturated heterocycles. The molecule has 98 valence electrons. The monoisotopic (exact) mass is 330 g/mol. The van der Waals surface area contributed by atoms with Gasteiger partial charge in [0.2, 0.25) is 0 Å². The number of nitrogens with two attached hydrogens (primary N) is 1. The Kier molecular flexibility index (Phi) is 4.29. The van der Waals surface area contributed by atoms with E-state index in [1.807, 2.05) is 12.1 Å². The minimum absolute atomic E-state index is 0.230. The number of aliphatic carboxylic acids is 1. The number of aromatic nitrogens is 1. The molecule has 6 heteroatoms. The van der Waals surface area contributed by atoms with E-state index in [0.717, 1.165) is 22.3 Å². The summed E-state index contributed by atoms with van der Waals surface area (Å²) in [6.07, 6.45) is 4.67. The van der Waals surface area contributed by atoms with Crippen LogP contribution in [0.5, 0.6) is 0 Å². The number of carboxylic acid groups (broad SMARTS) is 1. The summed E-state index contributed by atoms with van der Waals surface area (Å²) in [6.45, 7) is 0. The molecular formula is C12H15BrN2O2S. The van der Waals surface area contributed by atoms with E-state index in [2.05, 4.69) is 20.9 Å².